The quantitative estimate of drug-likeness (QED) is 0.778. The number of fused-ring (bicyclic) bond motifs is 1. The minimum atomic E-state index is -1.63. The summed E-state index contributed by atoms with van der Waals surface area (Å²) in [5.74, 6) is 3.94. The maximum atomic E-state index is 5.56. The summed E-state index contributed by atoms with van der Waals surface area (Å²) >= 11 is 0. The number of rotatable bonds is 3. The second-order valence-corrected chi connectivity index (χ2v) is 27.2. The zero-order valence-electron chi connectivity index (χ0n) is 6.99. The van der Waals surface area contributed by atoms with Gasteiger partial charge in [0.05, 0.1) is 0 Å². The molecule has 0 aromatic rings. The van der Waals surface area contributed by atoms with Gasteiger partial charge in [0.15, 0.2) is 0 Å². The Morgan fingerprint density at radius 3 is 2.58 bits per heavy atom. The van der Waals surface area contributed by atoms with E-state index in [1.54, 1.807) is 0 Å². The molecule has 12 heavy (non-hydrogen) atoms. The average Bonchev–Trinajstić information content (AvgIpc) is 2.58. The van der Waals surface area contributed by atoms with Crippen LogP contribution in [0.5, 0.6) is 0 Å². The average molecular weight is 283 g/mol. The fourth-order valence-corrected chi connectivity index (χ4v) is 32.5. The molecule has 2 aliphatic rings. The van der Waals surface area contributed by atoms with Crippen LogP contribution in [-0.4, -0.2) is 50.8 Å². The molecule has 70 valence electrons. The summed E-state index contributed by atoms with van der Waals surface area (Å²) in [6, 6.07) is 0. The third-order valence-electron chi connectivity index (χ3n) is 2.08. The van der Waals surface area contributed by atoms with Crippen LogP contribution in [0.25, 0.3) is 0 Å². The van der Waals surface area contributed by atoms with E-state index in [-0.39, 0.29) is 0 Å². The molecule has 0 bridgehead atoms. The van der Waals surface area contributed by atoms with E-state index in [2.05, 4.69) is 34.1 Å². The molecule has 2 aliphatic heterocycles. The summed E-state index contributed by atoms with van der Waals surface area (Å²) in [6.07, 6.45) is 0. The Labute approximate surface area is 86.4 Å². The van der Waals surface area contributed by atoms with Gasteiger partial charge in [0.2, 0.25) is 0 Å². The maximum absolute atomic E-state index is 5.56. The van der Waals surface area contributed by atoms with Gasteiger partial charge in [-0.15, -0.1) is 0 Å². The van der Waals surface area contributed by atoms with Crippen LogP contribution in [0.2, 0.25) is 0 Å². The predicted octanol–water partition coefficient (Wildman–Crippen LogP) is 0.909. The fourth-order valence-electron chi connectivity index (χ4n) is 1.54. The third-order valence-corrected chi connectivity index (χ3v) is 32.7. The van der Waals surface area contributed by atoms with E-state index in [1.807, 2.05) is 0 Å². The molecular formula is C6H14GeN2S3. The van der Waals surface area contributed by atoms with Crippen molar-refractivity contribution >= 4 is 40.3 Å². The van der Waals surface area contributed by atoms with E-state index in [0.717, 1.165) is 6.54 Å². The van der Waals surface area contributed by atoms with Gasteiger partial charge in [-0.1, -0.05) is 0 Å². The van der Waals surface area contributed by atoms with Gasteiger partial charge in [0.1, 0.15) is 0 Å². The predicted molar refractivity (Wildman–Crippen MR) is 63.8 cm³/mol. The standard InChI is InChI=1S/C6H14GeN2S3/c8-1-4-10-7-9(2-5-11-7)3-6-12-7/h1-6,8H2. The molecule has 0 spiro atoms. The molecular weight excluding hydrogens is 269 g/mol. The summed E-state index contributed by atoms with van der Waals surface area (Å²) in [5.41, 5.74) is 5.56. The summed E-state index contributed by atoms with van der Waals surface area (Å²) < 4.78 is 2.79. The molecule has 6 heteroatoms. The molecule has 0 aliphatic carbocycles. The summed E-state index contributed by atoms with van der Waals surface area (Å²) in [4.78, 5) is 0. The number of nitrogens with two attached hydrogens (primary N) is 1. The molecule has 2 heterocycles. The van der Waals surface area contributed by atoms with Crippen LogP contribution in [0.1, 0.15) is 0 Å². The van der Waals surface area contributed by atoms with Crippen LogP contribution in [0, 0.1) is 0 Å². The molecule has 2 N–H and O–H groups in total. The first-order valence-corrected chi connectivity index (χ1v) is 15.8. The first-order chi connectivity index (χ1) is 5.87. The van der Waals surface area contributed by atoms with E-state index >= 15 is 0 Å². The Morgan fingerprint density at radius 1 is 1.33 bits per heavy atom. The van der Waals surface area contributed by atoms with Crippen molar-refractivity contribution in [3.8, 4) is 0 Å². The minimum absolute atomic E-state index is 0.854. The van der Waals surface area contributed by atoms with Crippen LogP contribution < -0.4 is 5.73 Å². The molecule has 0 saturated carbocycles. The van der Waals surface area contributed by atoms with Gasteiger partial charge in [-0.2, -0.15) is 0 Å². The normalized spacial score (nSPS) is 27.8. The summed E-state index contributed by atoms with van der Waals surface area (Å²) in [5, 5.41) is 0. The first-order valence-electron chi connectivity index (χ1n) is 4.24. The molecule has 2 rings (SSSR count). The van der Waals surface area contributed by atoms with E-state index < -0.39 is 10.1 Å². The van der Waals surface area contributed by atoms with Crippen molar-refractivity contribution in [1.82, 2.24) is 3.86 Å². The van der Waals surface area contributed by atoms with Crippen molar-refractivity contribution < 1.29 is 0 Å². The summed E-state index contributed by atoms with van der Waals surface area (Å²) in [7, 11) is 5.15. The molecule has 2 nitrogen and oxygen atoms in total. The number of hydrogen-bond donors (Lipinski definition) is 1. The zero-order chi connectivity index (χ0) is 8.44. The molecule has 2 saturated heterocycles. The molecule has 0 atom stereocenters. The SMILES string of the molecule is NCC[S][Ge]12[S]CC[N]1CC[S]2. The first kappa shape index (κ1) is 10.0. The van der Waals surface area contributed by atoms with Crippen molar-refractivity contribution in [2.24, 2.45) is 5.73 Å². The Bertz CT molecular complexity index is 159. The van der Waals surface area contributed by atoms with Crippen LogP contribution in [0.4, 0.5) is 0 Å². The van der Waals surface area contributed by atoms with E-state index in [0.29, 0.717) is 0 Å². The zero-order valence-corrected chi connectivity index (χ0v) is 11.5. The number of nitrogens with zero attached hydrogens (tertiary/aromatic N) is 1. The van der Waals surface area contributed by atoms with Crippen molar-refractivity contribution in [2.75, 3.05) is 36.9 Å². The Hall–Kier alpha value is 1.51. The van der Waals surface area contributed by atoms with Gasteiger partial charge in [-0.3, -0.25) is 0 Å². The Balaban J connectivity index is 1.97. The van der Waals surface area contributed by atoms with Crippen molar-refractivity contribution in [2.45, 2.75) is 0 Å². The van der Waals surface area contributed by atoms with Gasteiger partial charge in [0.25, 0.3) is 0 Å². The Morgan fingerprint density at radius 2 is 2.00 bits per heavy atom. The van der Waals surface area contributed by atoms with E-state index in [1.165, 1.54) is 30.3 Å². The monoisotopic (exact) mass is 284 g/mol. The molecule has 0 amide bonds. The molecule has 0 unspecified atom stereocenters. The second kappa shape index (κ2) is 4.36. The van der Waals surface area contributed by atoms with E-state index in [4.69, 9.17) is 5.73 Å². The third kappa shape index (κ3) is 1.81. The van der Waals surface area contributed by atoms with Crippen LogP contribution in [0.3, 0.4) is 0 Å². The van der Waals surface area contributed by atoms with Gasteiger partial charge >= 0.3 is 86.8 Å². The van der Waals surface area contributed by atoms with Gasteiger partial charge in [-0.05, 0) is 0 Å². The second-order valence-electron chi connectivity index (χ2n) is 2.84. The molecule has 0 aromatic carbocycles. The molecule has 0 radical (unpaired) electrons. The van der Waals surface area contributed by atoms with Gasteiger partial charge in [0, 0.05) is 0 Å². The van der Waals surface area contributed by atoms with Crippen LogP contribution in [-0.2, 0) is 0 Å². The number of hydrogen-bond acceptors (Lipinski definition) is 5. The fraction of sp³-hybridized carbons (Fsp3) is 1.00. The summed E-state index contributed by atoms with van der Waals surface area (Å²) in [6.45, 7) is 3.57. The molecule has 2 fully saturated rings. The van der Waals surface area contributed by atoms with Crippen LogP contribution in [0.15, 0.2) is 0 Å². The van der Waals surface area contributed by atoms with Crippen molar-refractivity contribution in [3.05, 3.63) is 0 Å². The van der Waals surface area contributed by atoms with Crippen LogP contribution >= 0.6 is 30.3 Å². The molecule has 0 aromatic heterocycles. The van der Waals surface area contributed by atoms with Crippen molar-refractivity contribution in [1.29, 1.82) is 0 Å². The van der Waals surface area contributed by atoms with E-state index in [9.17, 15) is 0 Å². The van der Waals surface area contributed by atoms with Gasteiger partial charge in [-0.25, -0.2) is 0 Å². The van der Waals surface area contributed by atoms with Gasteiger partial charge < -0.3 is 0 Å². The van der Waals surface area contributed by atoms with Crippen molar-refractivity contribution in [3.63, 3.8) is 0 Å². The topological polar surface area (TPSA) is 29.3 Å². The Kier molecular flexibility index (Phi) is 3.65.